The van der Waals surface area contributed by atoms with Crippen LogP contribution < -0.4 is 5.73 Å². The van der Waals surface area contributed by atoms with Gasteiger partial charge in [0.1, 0.15) is 18.3 Å². The number of carbonyl (C=O) groups excluding carboxylic acids is 2. The van der Waals surface area contributed by atoms with E-state index in [0.29, 0.717) is 11.2 Å². The van der Waals surface area contributed by atoms with E-state index in [-0.39, 0.29) is 40.6 Å². The van der Waals surface area contributed by atoms with Crippen molar-refractivity contribution < 1.29 is 42.7 Å². The molecule has 0 bridgehead atoms. The van der Waals surface area contributed by atoms with E-state index in [1.165, 1.54) is 10.7 Å². The van der Waals surface area contributed by atoms with Gasteiger partial charge in [0.15, 0.2) is 15.8 Å². The lowest BCUT2D eigenvalue weighted by Gasteiger charge is -2.26. The molecule has 2 aromatic heterocycles. The predicted octanol–water partition coefficient (Wildman–Crippen LogP) is 3.64. The highest BCUT2D eigenvalue weighted by molar-refractivity contribution is 8.14. The number of nitrogens with two attached hydrogens (primary N) is 1. The van der Waals surface area contributed by atoms with Gasteiger partial charge in [-0.3, -0.25) is 23.2 Å². The molecule has 3 rings (SSSR count). The van der Waals surface area contributed by atoms with Crippen LogP contribution in [-0.2, 0) is 38.1 Å². The minimum atomic E-state index is -4.28. The molecule has 0 spiro atoms. The molecule has 12 nitrogen and oxygen atoms in total. The van der Waals surface area contributed by atoms with Crippen LogP contribution in [-0.4, -0.2) is 79.7 Å². The van der Waals surface area contributed by atoms with E-state index >= 15 is 0 Å². The molecular weight excluding hydrogens is 617 g/mol. The Labute approximate surface area is 260 Å². The third-order valence-electron chi connectivity index (χ3n) is 6.39. The number of ether oxygens (including phenoxy) is 1. The lowest BCUT2D eigenvalue weighted by Crippen LogP contribution is -2.41. The maximum atomic E-state index is 13.6. The first-order chi connectivity index (χ1) is 19.9. The van der Waals surface area contributed by atoms with Gasteiger partial charge in [-0.25, -0.2) is 9.08 Å². The molecule has 1 aliphatic rings. The molecule has 4 atom stereocenters. The Balaban J connectivity index is 1.72. The Morgan fingerprint density at radius 3 is 2.14 bits per heavy atom. The number of aromatic nitrogens is 2. The number of terminal acetylenes is 1. The molecule has 0 radical (unpaired) electrons. The lowest BCUT2D eigenvalue weighted by molar-refractivity contribution is -0.118. The second-order valence-electron chi connectivity index (χ2n) is 12.0. The number of nitrogens with zero attached hydrogens (tertiary/aromatic N) is 2. The number of nitrogen functional groups attached to an aromatic ring is 1. The fourth-order valence-electron chi connectivity index (χ4n) is 3.95. The van der Waals surface area contributed by atoms with Gasteiger partial charge in [-0.15, -0.1) is 6.42 Å². The highest BCUT2D eigenvalue weighted by Crippen LogP contribution is 2.51. The van der Waals surface area contributed by atoms with Crippen LogP contribution in [0.5, 0.6) is 0 Å². The summed E-state index contributed by atoms with van der Waals surface area (Å²) >= 11 is 2.05. The molecule has 1 aliphatic heterocycles. The molecule has 0 aliphatic carbocycles. The number of hydrogen-bond donors (Lipinski definition) is 3. The molecule has 4 N–H and O–H groups in total. The highest BCUT2D eigenvalue weighted by atomic mass is 32.2. The summed E-state index contributed by atoms with van der Waals surface area (Å²) < 4.78 is 37.5. The predicted molar refractivity (Wildman–Crippen MR) is 166 cm³/mol. The molecule has 0 unspecified atom stereocenters. The number of phosphoric ester groups is 1. The van der Waals surface area contributed by atoms with Crippen LogP contribution in [0.3, 0.4) is 0 Å². The summed E-state index contributed by atoms with van der Waals surface area (Å²) in [4.78, 5) is 24.5. The van der Waals surface area contributed by atoms with Crippen LogP contribution in [0.1, 0.15) is 47.2 Å². The number of anilines is 1. The Hall–Kier alpha value is -1.92. The lowest BCUT2D eigenvalue weighted by atomic mass is 9.92. The van der Waals surface area contributed by atoms with E-state index < -0.39 is 49.2 Å². The van der Waals surface area contributed by atoms with Crippen molar-refractivity contribution in [3.8, 4) is 12.3 Å². The van der Waals surface area contributed by atoms with Crippen LogP contribution in [0, 0.1) is 23.2 Å². The first-order valence-corrected chi connectivity index (χ1v) is 17.0. The number of fused-ring (bicyclic) bond motifs is 1. The fraction of sp³-hybridized carbons (Fsp3) is 0.607. The van der Waals surface area contributed by atoms with Crippen LogP contribution in [0.2, 0.25) is 0 Å². The zero-order valence-electron chi connectivity index (χ0n) is 25.1. The number of rotatable bonds is 12. The van der Waals surface area contributed by atoms with E-state index in [0.717, 1.165) is 23.5 Å². The summed E-state index contributed by atoms with van der Waals surface area (Å²) in [6.07, 6.45) is 2.90. The number of aliphatic hydroxyl groups excluding tert-OH is 2. The van der Waals surface area contributed by atoms with Crippen molar-refractivity contribution in [1.82, 2.24) is 9.61 Å². The van der Waals surface area contributed by atoms with Gasteiger partial charge in [0.2, 0.25) is 0 Å². The van der Waals surface area contributed by atoms with Crippen molar-refractivity contribution in [2.75, 3.05) is 37.1 Å². The van der Waals surface area contributed by atoms with E-state index in [9.17, 15) is 24.4 Å². The quantitative estimate of drug-likeness (QED) is 0.172. The van der Waals surface area contributed by atoms with Crippen molar-refractivity contribution in [2.45, 2.75) is 65.5 Å². The third kappa shape index (κ3) is 8.42. The van der Waals surface area contributed by atoms with Gasteiger partial charge in [-0.05, 0) is 18.2 Å². The topological polar surface area (TPSA) is 172 Å². The third-order valence-corrected chi connectivity index (χ3v) is 10.3. The van der Waals surface area contributed by atoms with E-state index in [2.05, 4.69) is 11.0 Å². The van der Waals surface area contributed by atoms with E-state index in [1.54, 1.807) is 59.7 Å². The maximum Gasteiger partial charge on any atom is 0.474 e. The minimum absolute atomic E-state index is 0.0684. The summed E-state index contributed by atoms with van der Waals surface area (Å²) in [5.74, 6) is 2.80. The first-order valence-electron chi connectivity index (χ1n) is 13.6. The molecule has 0 saturated carbocycles. The highest BCUT2D eigenvalue weighted by Gasteiger charge is 2.56. The van der Waals surface area contributed by atoms with Gasteiger partial charge in [0, 0.05) is 28.5 Å². The van der Waals surface area contributed by atoms with Crippen molar-refractivity contribution in [2.24, 2.45) is 10.8 Å². The fourth-order valence-corrected chi connectivity index (χ4v) is 6.95. The standard InChI is InChI=1S/C28H40N3O9PS2/c1-8-28(21-10-9-19-18(29)11-12-30-31(19)21)23(33)22(32)20(40-28)17-39-41(36,37-13-15-42-24(34)26(2,3)4)38-14-16-43-25(35)27(5,6)7/h1,9-12,20,22-23,32-33H,13-17,29H2,2-7H3/t20-,22-,23-,28+/m1/s1. The van der Waals surface area contributed by atoms with Crippen LogP contribution in [0.4, 0.5) is 5.69 Å². The van der Waals surface area contributed by atoms with Crippen LogP contribution >= 0.6 is 31.3 Å². The maximum absolute atomic E-state index is 13.6. The summed E-state index contributed by atoms with van der Waals surface area (Å²) in [6, 6.07) is 4.84. The van der Waals surface area contributed by atoms with Crippen molar-refractivity contribution >= 4 is 52.8 Å². The van der Waals surface area contributed by atoms with Gasteiger partial charge in [0.05, 0.1) is 36.7 Å². The summed E-state index contributed by atoms with van der Waals surface area (Å²) in [6.45, 7) is 9.91. The summed E-state index contributed by atoms with van der Waals surface area (Å²) in [5.41, 5.74) is 4.26. The second-order valence-corrected chi connectivity index (χ2v) is 15.8. The Kier molecular flexibility index (Phi) is 11.6. The van der Waals surface area contributed by atoms with Crippen molar-refractivity contribution in [1.29, 1.82) is 0 Å². The number of phosphoric acid groups is 1. The van der Waals surface area contributed by atoms with E-state index in [4.69, 9.17) is 30.5 Å². The molecular formula is C28H40N3O9PS2. The van der Waals surface area contributed by atoms with Crippen molar-refractivity contribution in [3.63, 3.8) is 0 Å². The zero-order valence-corrected chi connectivity index (χ0v) is 27.7. The summed E-state index contributed by atoms with van der Waals surface area (Å²) in [7, 11) is -4.28. The Morgan fingerprint density at radius 2 is 1.63 bits per heavy atom. The average Bonchev–Trinajstić information content (AvgIpc) is 3.47. The molecule has 43 heavy (non-hydrogen) atoms. The van der Waals surface area contributed by atoms with Gasteiger partial charge in [-0.2, -0.15) is 5.10 Å². The summed E-state index contributed by atoms with van der Waals surface area (Å²) in [5, 5.41) is 26.0. The normalized spacial score (nSPS) is 23.0. The number of carbonyl (C=O) groups is 2. The van der Waals surface area contributed by atoms with Crippen LogP contribution in [0.15, 0.2) is 24.4 Å². The number of aliphatic hydroxyl groups is 2. The second kappa shape index (κ2) is 14.0. The van der Waals surface area contributed by atoms with Gasteiger partial charge in [-0.1, -0.05) is 71.0 Å². The molecule has 1 fully saturated rings. The molecule has 0 aromatic carbocycles. The van der Waals surface area contributed by atoms with Gasteiger partial charge in [0.25, 0.3) is 0 Å². The minimum Gasteiger partial charge on any atom is -0.397 e. The average molecular weight is 658 g/mol. The number of thioether (sulfide) groups is 2. The van der Waals surface area contributed by atoms with Crippen molar-refractivity contribution in [3.05, 3.63) is 30.1 Å². The smallest absolute Gasteiger partial charge is 0.397 e. The van der Waals surface area contributed by atoms with E-state index in [1.807, 2.05) is 0 Å². The Morgan fingerprint density at radius 1 is 1.07 bits per heavy atom. The SMILES string of the molecule is C#C[C@@]1(c2ccc3c(N)ccnn23)O[C@H](COP(=O)(OCCSC(=O)C(C)(C)C)OCCSC(=O)C(C)(C)C)[C@@H](O)[C@H]1O. The zero-order chi connectivity index (χ0) is 32.2. The molecule has 1 saturated heterocycles. The van der Waals surface area contributed by atoms with Crippen LogP contribution in [0.25, 0.3) is 5.52 Å². The molecule has 0 amide bonds. The monoisotopic (exact) mass is 657 g/mol. The number of hydrogen-bond acceptors (Lipinski definition) is 13. The van der Waals surface area contributed by atoms with Gasteiger partial charge < -0.3 is 20.7 Å². The largest absolute Gasteiger partial charge is 0.474 e. The molecule has 238 valence electrons. The molecule has 15 heteroatoms. The first kappa shape index (κ1) is 35.6. The Bertz CT molecular complexity index is 1360. The molecule has 3 heterocycles. The van der Waals surface area contributed by atoms with Gasteiger partial charge >= 0.3 is 7.82 Å². The molecule has 2 aromatic rings.